The first kappa shape index (κ1) is 8.25. The lowest BCUT2D eigenvalue weighted by Gasteiger charge is -1.96. The van der Waals surface area contributed by atoms with Crippen molar-refractivity contribution < 1.29 is 14.2 Å². The average Bonchev–Trinajstić information content (AvgIpc) is 2.51. The van der Waals surface area contributed by atoms with Crippen LogP contribution in [0.5, 0.6) is 5.88 Å². The lowest BCUT2D eigenvalue weighted by molar-refractivity contribution is -0.111. The van der Waals surface area contributed by atoms with Gasteiger partial charge in [-0.05, 0) is 16.4 Å². The van der Waals surface area contributed by atoms with Crippen LogP contribution in [0, 0.1) is 0 Å². The van der Waals surface area contributed by atoms with Gasteiger partial charge in [-0.3, -0.25) is 10.1 Å². The molecule has 0 spiro atoms. The van der Waals surface area contributed by atoms with Crippen molar-refractivity contribution in [3.05, 3.63) is 12.7 Å². The minimum atomic E-state index is -0.399. The molecule has 1 aromatic heterocycles. The summed E-state index contributed by atoms with van der Waals surface area (Å²) in [4.78, 5) is 10.8. The predicted octanol–water partition coefficient (Wildman–Crippen LogP) is 0.203. The van der Waals surface area contributed by atoms with Crippen LogP contribution in [0.1, 0.15) is 0 Å². The van der Waals surface area contributed by atoms with E-state index in [1.54, 1.807) is 0 Å². The standard InChI is InChI=1S/C6H7N3O3/c1-3-4(10)7-5-6(11-2)9-12-8-5/h3H,1H2,2H3,(H,7,8,10). The molecule has 0 bridgehead atoms. The molecule has 0 fully saturated rings. The molecule has 64 valence electrons. The number of amides is 1. The van der Waals surface area contributed by atoms with Gasteiger partial charge in [-0.1, -0.05) is 6.58 Å². The number of carbonyl (C=O) groups excluding carboxylic acids is 1. The largest absolute Gasteiger partial charge is 0.476 e. The van der Waals surface area contributed by atoms with Gasteiger partial charge in [0.15, 0.2) is 0 Å². The highest BCUT2D eigenvalue weighted by Crippen LogP contribution is 2.16. The molecule has 0 radical (unpaired) electrons. The van der Waals surface area contributed by atoms with Gasteiger partial charge in [-0.2, -0.15) is 0 Å². The average molecular weight is 169 g/mol. The minimum absolute atomic E-state index is 0.130. The molecule has 6 nitrogen and oxygen atoms in total. The van der Waals surface area contributed by atoms with E-state index in [2.05, 4.69) is 26.8 Å². The summed E-state index contributed by atoms with van der Waals surface area (Å²) in [6.07, 6.45) is 1.11. The number of rotatable bonds is 3. The first-order valence-corrected chi connectivity index (χ1v) is 3.08. The second-order valence-electron chi connectivity index (χ2n) is 1.82. The van der Waals surface area contributed by atoms with Crippen molar-refractivity contribution in [2.75, 3.05) is 12.4 Å². The summed E-state index contributed by atoms with van der Waals surface area (Å²) in [7, 11) is 1.39. The smallest absolute Gasteiger partial charge is 0.300 e. The molecule has 0 saturated carbocycles. The maximum Gasteiger partial charge on any atom is 0.300 e. The fraction of sp³-hybridized carbons (Fsp3) is 0.167. The Labute approximate surface area is 68.2 Å². The third kappa shape index (κ3) is 1.60. The summed E-state index contributed by atoms with van der Waals surface area (Å²) < 4.78 is 9.02. The quantitative estimate of drug-likeness (QED) is 0.654. The highest BCUT2D eigenvalue weighted by molar-refractivity contribution is 5.98. The van der Waals surface area contributed by atoms with E-state index >= 15 is 0 Å². The lowest BCUT2D eigenvalue weighted by atomic mass is 10.5. The molecule has 1 heterocycles. The molecular formula is C6H7N3O3. The molecule has 0 atom stereocenters. The van der Waals surface area contributed by atoms with E-state index in [0.29, 0.717) is 0 Å². The topological polar surface area (TPSA) is 77.3 Å². The van der Waals surface area contributed by atoms with Crippen molar-refractivity contribution in [1.82, 2.24) is 10.3 Å². The molecule has 1 rings (SSSR count). The van der Waals surface area contributed by atoms with Crippen molar-refractivity contribution in [3.63, 3.8) is 0 Å². The third-order valence-electron chi connectivity index (χ3n) is 1.08. The van der Waals surface area contributed by atoms with E-state index < -0.39 is 5.91 Å². The number of hydrogen-bond donors (Lipinski definition) is 1. The predicted molar refractivity (Wildman–Crippen MR) is 39.7 cm³/mol. The molecule has 0 aromatic carbocycles. The number of carbonyl (C=O) groups is 1. The second kappa shape index (κ2) is 3.51. The molecule has 0 unspecified atom stereocenters. The lowest BCUT2D eigenvalue weighted by Crippen LogP contribution is -2.08. The van der Waals surface area contributed by atoms with Crippen molar-refractivity contribution in [1.29, 1.82) is 0 Å². The Morgan fingerprint density at radius 1 is 1.75 bits per heavy atom. The van der Waals surface area contributed by atoms with Crippen LogP contribution in [0.4, 0.5) is 5.82 Å². The molecule has 0 saturated heterocycles. The Kier molecular flexibility index (Phi) is 2.42. The number of nitrogens with one attached hydrogen (secondary N) is 1. The van der Waals surface area contributed by atoms with Gasteiger partial charge in [0, 0.05) is 0 Å². The molecule has 1 amide bonds. The van der Waals surface area contributed by atoms with Gasteiger partial charge in [0.05, 0.1) is 7.11 Å². The summed E-state index contributed by atoms with van der Waals surface area (Å²) in [5.74, 6) is -0.128. The van der Waals surface area contributed by atoms with E-state index in [9.17, 15) is 4.79 Å². The first-order valence-electron chi connectivity index (χ1n) is 3.08. The van der Waals surface area contributed by atoms with Gasteiger partial charge in [-0.15, -0.1) is 0 Å². The minimum Gasteiger partial charge on any atom is -0.476 e. The van der Waals surface area contributed by atoms with E-state index in [4.69, 9.17) is 4.74 Å². The fourth-order valence-corrected chi connectivity index (χ4v) is 0.559. The van der Waals surface area contributed by atoms with Crippen LogP contribution >= 0.6 is 0 Å². The summed E-state index contributed by atoms with van der Waals surface area (Å²) >= 11 is 0. The van der Waals surface area contributed by atoms with Crippen LogP contribution in [0.25, 0.3) is 0 Å². The Hall–Kier alpha value is -1.85. The van der Waals surface area contributed by atoms with Crippen molar-refractivity contribution in [2.45, 2.75) is 0 Å². The van der Waals surface area contributed by atoms with Gasteiger partial charge in [-0.25, -0.2) is 4.63 Å². The summed E-state index contributed by atoms with van der Waals surface area (Å²) in [6.45, 7) is 3.26. The normalized spacial score (nSPS) is 9.08. The van der Waals surface area contributed by atoms with Gasteiger partial charge < -0.3 is 4.74 Å². The van der Waals surface area contributed by atoms with Gasteiger partial charge in [0.2, 0.25) is 11.7 Å². The molecule has 1 N–H and O–H groups in total. The number of nitrogens with zero attached hydrogens (tertiary/aromatic N) is 2. The molecule has 1 aromatic rings. The highest BCUT2D eigenvalue weighted by Gasteiger charge is 2.10. The van der Waals surface area contributed by atoms with Crippen LogP contribution in [0.15, 0.2) is 17.3 Å². The Balaban J connectivity index is 2.74. The highest BCUT2D eigenvalue weighted by atomic mass is 16.6. The van der Waals surface area contributed by atoms with E-state index in [1.165, 1.54) is 7.11 Å². The number of aromatic nitrogens is 2. The SMILES string of the molecule is C=CC(=O)Nc1nonc1OC. The van der Waals surface area contributed by atoms with Crippen molar-refractivity contribution in [3.8, 4) is 5.88 Å². The maximum atomic E-state index is 10.8. The molecule has 12 heavy (non-hydrogen) atoms. The van der Waals surface area contributed by atoms with E-state index in [-0.39, 0.29) is 11.7 Å². The maximum absolute atomic E-state index is 10.8. The zero-order valence-electron chi connectivity index (χ0n) is 6.40. The van der Waals surface area contributed by atoms with Crippen molar-refractivity contribution in [2.24, 2.45) is 0 Å². The zero-order chi connectivity index (χ0) is 8.97. The van der Waals surface area contributed by atoms with Crippen LogP contribution in [-0.2, 0) is 4.79 Å². The Morgan fingerprint density at radius 2 is 2.50 bits per heavy atom. The van der Waals surface area contributed by atoms with E-state index in [1.807, 2.05) is 0 Å². The zero-order valence-corrected chi connectivity index (χ0v) is 6.40. The Morgan fingerprint density at radius 3 is 3.08 bits per heavy atom. The number of methoxy groups -OCH3 is 1. The molecule has 0 aliphatic rings. The number of ether oxygens (including phenoxy) is 1. The van der Waals surface area contributed by atoms with Gasteiger partial charge in [0.1, 0.15) is 0 Å². The summed E-state index contributed by atoms with van der Waals surface area (Å²) in [5.41, 5.74) is 0. The van der Waals surface area contributed by atoms with Crippen LogP contribution in [0.3, 0.4) is 0 Å². The fourth-order valence-electron chi connectivity index (χ4n) is 0.559. The molecular weight excluding hydrogens is 162 g/mol. The Bertz CT molecular complexity index is 294. The number of anilines is 1. The van der Waals surface area contributed by atoms with Gasteiger partial charge >= 0.3 is 5.88 Å². The molecule has 6 heteroatoms. The van der Waals surface area contributed by atoms with Gasteiger partial charge in [0.25, 0.3) is 0 Å². The van der Waals surface area contributed by atoms with E-state index in [0.717, 1.165) is 6.08 Å². The summed E-state index contributed by atoms with van der Waals surface area (Å²) in [5, 5.41) is 9.09. The number of hydrogen-bond acceptors (Lipinski definition) is 5. The monoisotopic (exact) mass is 169 g/mol. The van der Waals surface area contributed by atoms with Crippen LogP contribution in [0.2, 0.25) is 0 Å². The third-order valence-corrected chi connectivity index (χ3v) is 1.08. The van der Waals surface area contributed by atoms with Crippen molar-refractivity contribution >= 4 is 11.7 Å². The molecule has 0 aliphatic carbocycles. The molecule has 0 aliphatic heterocycles. The first-order chi connectivity index (χ1) is 5.77. The van der Waals surface area contributed by atoms with Crippen LogP contribution < -0.4 is 10.1 Å². The second-order valence-corrected chi connectivity index (χ2v) is 1.82. The summed E-state index contributed by atoms with van der Waals surface area (Å²) in [6, 6.07) is 0. The van der Waals surface area contributed by atoms with Crippen LogP contribution in [-0.4, -0.2) is 23.3 Å².